The van der Waals surface area contributed by atoms with Crippen molar-refractivity contribution < 1.29 is 9.53 Å². The number of carbonyl (C=O) groups is 1. The molecule has 1 aromatic carbocycles. The molecular weight excluding hydrogens is 380 g/mol. The molecule has 2 unspecified atom stereocenters. The second-order valence-electron chi connectivity index (χ2n) is 7.75. The summed E-state index contributed by atoms with van der Waals surface area (Å²) in [6, 6.07) is 8.03. The number of ether oxygens (including phenoxy) is 1. The monoisotopic (exact) mass is 410 g/mol. The van der Waals surface area contributed by atoms with Crippen LogP contribution in [-0.4, -0.2) is 66.4 Å². The Balaban J connectivity index is 1.35. The summed E-state index contributed by atoms with van der Waals surface area (Å²) < 4.78 is 5.75. The van der Waals surface area contributed by atoms with E-state index in [0.717, 1.165) is 67.7 Å². The van der Waals surface area contributed by atoms with E-state index in [1.54, 1.807) is 0 Å². The van der Waals surface area contributed by atoms with Crippen molar-refractivity contribution in [2.45, 2.75) is 50.2 Å². The lowest BCUT2D eigenvalue weighted by Crippen LogP contribution is -2.51. The topological polar surface area (TPSA) is 32.8 Å². The SMILES string of the molecule is CC1CN(C(=O)C2CCN(CCCSc3ccccc3Cl)CC2)CC(C)O1. The molecule has 0 N–H and O–H groups in total. The van der Waals surface area contributed by atoms with Crippen LogP contribution >= 0.6 is 23.4 Å². The summed E-state index contributed by atoms with van der Waals surface area (Å²) in [6.45, 7) is 8.75. The molecule has 0 spiro atoms. The number of thioether (sulfide) groups is 1. The van der Waals surface area contributed by atoms with Crippen LogP contribution in [0.4, 0.5) is 0 Å². The van der Waals surface area contributed by atoms with Crippen LogP contribution in [0.3, 0.4) is 0 Å². The van der Waals surface area contributed by atoms with Gasteiger partial charge in [-0.2, -0.15) is 0 Å². The average molecular weight is 411 g/mol. The van der Waals surface area contributed by atoms with Gasteiger partial charge in [0, 0.05) is 23.9 Å². The number of likely N-dealkylation sites (tertiary alicyclic amines) is 1. The maximum absolute atomic E-state index is 12.8. The normalized spacial score (nSPS) is 24.9. The lowest BCUT2D eigenvalue weighted by molar-refractivity contribution is -0.148. The first-order chi connectivity index (χ1) is 13.0. The minimum absolute atomic E-state index is 0.147. The molecule has 3 rings (SSSR count). The Morgan fingerprint density at radius 3 is 2.52 bits per heavy atom. The van der Waals surface area contributed by atoms with Gasteiger partial charge >= 0.3 is 0 Å². The predicted octanol–water partition coefficient (Wildman–Crippen LogP) is 4.17. The van der Waals surface area contributed by atoms with Crippen molar-refractivity contribution in [1.29, 1.82) is 0 Å². The van der Waals surface area contributed by atoms with E-state index in [-0.39, 0.29) is 18.1 Å². The average Bonchev–Trinajstić information content (AvgIpc) is 2.66. The van der Waals surface area contributed by atoms with Crippen LogP contribution in [0, 0.1) is 5.92 Å². The zero-order valence-corrected chi connectivity index (χ0v) is 18.0. The third-order valence-electron chi connectivity index (χ3n) is 5.38. The fraction of sp³-hybridized carbons (Fsp3) is 0.667. The fourth-order valence-corrected chi connectivity index (χ4v) is 5.23. The lowest BCUT2D eigenvalue weighted by Gasteiger charge is -2.39. The smallest absolute Gasteiger partial charge is 0.225 e. The number of amides is 1. The Morgan fingerprint density at radius 2 is 1.85 bits per heavy atom. The molecule has 27 heavy (non-hydrogen) atoms. The summed E-state index contributed by atoms with van der Waals surface area (Å²) in [5.74, 6) is 1.61. The van der Waals surface area contributed by atoms with Gasteiger partial charge in [-0.25, -0.2) is 0 Å². The molecule has 0 aliphatic carbocycles. The van der Waals surface area contributed by atoms with Gasteiger partial charge in [0.15, 0.2) is 0 Å². The first-order valence-electron chi connectivity index (χ1n) is 10.1. The number of morpholine rings is 1. The molecule has 0 aromatic heterocycles. The van der Waals surface area contributed by atoms with E-state index >= 15 is 0 Å². The van der Waals surface area contributed by atoms with Crippen LogP contribution in [-0.2, 0) is 9.53 Å². The van der Waals surface area contributed by atoms with Crippen molar-refractivity contribution in [3.05, 3.63) is 29.3 Å². The zero-order valence-electron chi connectivity index (χ0n) is 16.4. The highest BCUT2D eigenvalue weighted by Gasteiger charge is 2.32. The largest absolute Gasteiger partial charge is 0.372 e. The number of halogens is 1. The second-order valence-corrected chi connectivity index (χ2v) is 9.29. The summed E-state index contributed by atoms with van der Waals surface area (Å²) >= 11 is 8.03. The van der Waals surface area contributed by atoms with Gasteiger partial charge < -0.3 is 14.5 Å². The molecule has 1 aromatic rings. The van der Waals surface area contributed by atoms with E-state index in [1.165, 1.54) is 0 Å². The standard InChI is InChI=1S/C21H31ClN2O2S/c1-16-14-24(15-17(2)26-16)21(25)18-8-11-23(12-9-18)10-5-13-27-20-7-4-3-6-19(20)22/h3-4,6-7,16-18H,5,8-15H2,1-2H3. The number of carbonyl (C=O) groups excluding carboxylic acids is 1. The number of rotatable bonds is 6. The van der Waals surface area contributed by atoms with Gasteiger partial charge in [-0.1, -0.05) is 23.7 Å². The van der Waals surface area contributed by atoms with Crippen LogP contribution in [0.2, 0.25) is 5.02 Å². The first kappa shape index (κ1) is 21.0. The maximum atomic E-state index is 12.8. The van der Waals surface area contributed by atoms with Crippen molar-refractivity contribution >= 4 is 29.3 Å². The molecule has 2 saturated heterocycles. The summed E-state index contributed by atoms with van der Waals surface area (Å²) in [7, 11) is 0. The number of nitrogens with zero attached hydrogens (tertiary/aromatic N) is 2. The number of benzene rings is 1. The molecule has 2 aliphatic rings. The van der Waals surface area contributed by atoms with Crippen molar-refractivity contribution in [3.8, 4) is 0 Å². The Labute approximate surface area is 172 Å². The Kier molecular flexibility index (Phi) is 7.88. The van der Waals surface area contributed by atoms with Crippen molar-refractivity contribution in [2.75, 3.05) is 38.5 Å². The molecule has 150 valence electrons. The van der Waals surface area contributed by atoms with Crippen LogP contribution in [0.5, 0.6) is 0 Å². The number of hydrogen-bond acceptors (Lipinski definition) is 4. The Hall–Kier alpha value is -0.750. The van der Waals surface area contributed by atoms with Gasteiger partial charge in [-0.3, -0.25) is 4.79 Å². The van der Waals surface area contributed by atoms with Crippen LogP contribution in [0.15, 0.2) is 29.2 Å². The molecule has 0 bridgehead atoms. The minimum Gasteiger partial charge on any atom is -0.372 e. The molecule has 1 amide bonds. The van der Waals surface area contributed by atoms with E-state index in [4.69, 9.17) is 16.3 Å². The molecule has 6 heteroatoms. The first-order valence-corrected chi connectivity index (χ1v) is 11.4. The summed E-state index contributed by atoms with van der Waals surface area (Å²) in [6.07, 6.45) is 3.40. The second kappa shape index (κ2) is 10.1. The third kappa shape index (κ3) is 6.11. The highest BCUT2D eigenvalue weighted by atomic mass is 35.5. The van der Waals surface area contributed by atoms with E-state index < -0.39 is 0 Å². The lowest BCUT2D eigenvalue weighted by atomic mass is 9.94. The highest BCUT2D eigenvalue weighted by Crippen LogP contribution is 2.27. The van der Waals surface area contributed by atoms with Gasteiger partial charge in [0.1, 0.15) is 0 Å². The molecule has 2 aliphatic heterocycles. The summed E-state index contributed by atoms with van der Waals surface area (Å²) in [5, 5.41) is 0.841. The molecule has 0 saturated carbocycles. The van der Waals surface area contributed by atoms with Gasteiger partial charge in [0.2, 0.25) is 5.91 Å². The van der Waals surface area contributed by atoms with Crippen molar-refractivity contribution in [2.24, 2.45) is 5.92 Å². The fourth-order valence-electron chi connectivity index (χ4n) is 4.05. The highest BCUT2D eigenvalue weighted by molar-refractivity contribution is 7.99. The van der Waals surface area contributed by atoms with Crippen LogP contribution < -0.4 is 0 Å². The summed E-state index contributed by atoms with van der Waals surface area (Å²) in [4.78, 5) is 18.5. The Bertz CT molecular complexity index is 612. The van der Waals surface area contributed by atoms with Crippen molar-refractivity contribution in [1.82, 2.24) is 9.80 Å². The zero-order chi connectivity index (χ0) is 19.2. The molecule has 2 atom stereocenters. The van der Waals surface area contributed by atoms with Gasteiger partial charge in [-0.15, -0.1) is 11.8 Å². The number of piperidine rings is 1. The van der Waals surface area contributed by atoms with Gasteiger partial charge in [0.05, 0.1) is 17.2 Å². The Morgan fingerprint density at radius 1 is 1.19 bits per heavy atom. The van der Waals surface area contributed by atoms with E-state index in [9.17, 15) is 4.79 Å². The molecule has 0 radical (unpaired) electrons. The summed E-state index contributed by atoms with van der Waals surface area (Å²) in [5.41, 5.74) is 0. The van der Waals surface area contributed by atoms with E-state index in [1.807, 2.05) is 34.9 Å². The molecule has 2 fully saturated rings. The van der Waals surface area contributed by atoms with Crippen LogP contribution in [0.25, 0.3) is 0 Å². The number of hydrogen-bond donors (Lipinski definition) is 0. The quantitative estimate of drug-likeness (QED) is 0.520. The minimum atomic E-state index is 0.147. The molecule has 4 nitrogen and oxygen atoms in total. The maximum Gasteiger partial charge on any atom is 0.225 e. The van der Waals surface area contributed by atoms with Crippen LogP contribution in [0.1, 0.15) is 33.1 Å². The van der Waals surface area contributed by atoms with Crippen molar-refractivity contribution in [3.63, 3.8) is 0 Å². The van der Waals surface area contributed by atoms with E-state index in [0.29, 0.717) is 5.91 Å². The van der Waals surface area contributed by atoms with Gasteiger partial charge in [-0.05, 0) is 70.6 Å². The van der Waals surface area contributed by atoms with E-state index in [2.05, 4.69) is 24.8 Å². The van der Waals surface area contributed by atoms with Gasteiger partial charge in [0.25, 0.3) is 0 Å². The predicted molar refractivity (Wildman–Crippen MR) is 113 cm³/mol. The molecular formula is C21H31ClN2O2S. The third-order valence-corrected chi connectivity index (χ3v) is 6.98. The molecule has 2 heterocycles.